The van der Waals surface area contributed by atoms with Gasteiger partial charge in [0.25, 0.3) is 0 Å². The van der Waals surface area contributed by atoms with Crippen molar-refractivity contribution >= 4 is 17.8 Å². The van der Waals surface area contributed by atoms with Gasteiger partial charge in [-0.3, -0.25) is 14.5 Å². The lowest BCUT2D eigenvalue weighted by molar-refractivity contribution is -0.139. The molecule has 3 aliphatic rings. The van der Waals surface area contributed by atoms with E-state index < -0.39 is 0 Å². The molecule has 2 saturated carbocycles. The lowest BCUT2D eigenvalue weighted by Gasteiger charge is -2.42. The number of amides is 4. The maximum Gasteiger partial charge on any atom is 0.324 e. The van der Waals surface area contributed by atoms with E-state index in [9.17, 15) is 14.4 Å². The van der Waals surface area contributed by atoms with Crippen LogP contribution in [0.5, 0.6) is 0 Å². The number of nitrogens with zero attached hydrogens (tertiary/aromatic N) is 1. The van der Waals surface area contributed by atoms with Gasteiger partial charge in [0.1, 0.15) is 0 Å². The Bertz CT molecular complexity index is 730. The van der Waals surface area contributed by atoms with Gasteiger partial charge in [-0.25, -0.2) is 4.79 Å². The van der Waals surface area contributed by atoms with Crippen molar-refractivity contribution in [2.45, 2.75) is 63.5 Å². The number of rotatable bonds is 5. The number of hydrogen-bond donors (Lipinski definition) is 2. The molecule has 3 fully saturated rings. The van der Waals surface area contributed by atoms with Gasteiger partial charge in [-0.05, 0) is 44.1 Å². The van der Waals surface area contributed by atoms with E-state index in [-0.39, 0.29) is 35.7 Å². The Labute approximate surface area is 166 Å². The van der Waals surface area contributed by atoms with Crippen molar-refractivity contribution in [1.82, 2.24) is 15.5 Å². The molecule has 1 aromatic carbocycles. The van der Waals surface area contributed by atoms with Crippen molar-refractivity contribution in [2.24, 2.45) is 11.8 Å². The minimum absolute atomic E-state index is 0.0840. The van der Waals surface area contributed by atoms with Crippen LogP contribution in [-0.2, 0) is 16.0 Å². The third kappa shape index (κ3) is 4.05. The second-order valence-electron chi connectivity index (χ2n) is 8.39. The summed E-state index contributed by atoms with van der Waals surface area (Å²) >= 11 is 0. The Balaban J connectivity index is 1.33. The summed E-state index contributed by atoms with van der Waals surface area (Å²) in [6.07, 6.45) is 7.10. The van der Waals surface area contributed by atoms with Crippen LogP contribution in [0.4, 0.5) is 4.79 Å². The highest BCUT2D eigenvalue weighted by atomic mass is 16.2. The number of fused-ring (bicyclic) bond motifs is 1. The highest BCUT2D eigenvalue weighted by molar-refractivity contribution is 5.99. The molecule has 1 aliphatic heterocycles. The molecular weight excluding hydrogens is 354 g/mol. The molecule has 1 aromatic rings. The summed E-state index contributed by atoms with van der Waals surface area (Å²) in [5.74, 6) is -0.298. The molecule has 3 atom stereocenters. The highest BCUT2D eigenvalue weighted by Gasteiger charge is 2.45. The van der Waals surface area contributed by atoms with E-state index in [1.807, 2.05) is 30.3 Å². The molecule has 4 amide bonds. The Morgan fingerprint density at radius 1 is 1.07 bits per heavy atom. The first-order chi connectivity index (χ1) is 13.6. The van der Waals surface area contributed by atoms with E-state index in [1.165, 1.54) is 17.7 Å². The Kier molecular flexibility index (Phi) is 5.64. The van der Waals surface area contributed by atoms with Gasteiger partial charge in [0.15, 0.2) is 0 Å². The zero-order valence-corrected chi connectivity index (χ0v) is 16.2. The van der Waals surface area contributed by atoms with E-state index >= 15 is 0 Å². The maximum atomic E-state index is 12.9. The summed E-state index contributed by atoms with van der Waals surface area (Å²) < 4.78 is 0. The molecule has 28 heavy (non-hydrogen) atoms. The molecule has 1 heterocycles. The van der Waals surface area contributed by atoms with E-state index in [0.717, 1.165) is 18.4 Å². The standard InChI is InChI=1S/C22H29N3O3/c26-20(23-17-8-4-5-9-17)16-10-11-18-19(14-16)24-22(28)25(21(18)27)13-12-15-6-2-1-3-7-15/h1-3,6-7,16-19H,4-5,8-14H2,(H,23,26)(H,24,28). The fourth-order valence-electron chi connectivity index (χ4n) is 4.89. The Morgan fingerprint density at radius 2 is 1.82 bits per heavy atom. The van der Waals surface area contributed by atoms with Crippen LogP contribution in [0.2, 0.25) is 0 Å². The van der Waals surface area contributed by atoms with Gasteiger partial charge in [0.05, 0.1) is 5.92 Å². The average Bonchev–Trinajstić information content (AvgIpc) is 3.21. The number of imide groups is 1. The van der Waals surface area contributed by atoms with Crippen LogP contribution in [0.1, 0.15) is 50.5 Å². The Morgan fingerprint density at radius 3 is 2.57 bits per heavy atom. The van der Waals surface area contributed by atoms with E-state index in [2.05, 4.69) is 10.6 Å². The number of carbonyl (C=O) groups excluding carboxylic acids is 3. The molecule has 2 N–H and O–H groups in total. The first kappa shape index (κ1) is 19.0. The second kappa shape index (κ2) is 8.33. The topological polar surface area (TPSA) is 78.5 Å². The number of hydrogen-bond acceptors (Lipinski definition) is 3. The molecular formula is C22H29N3O3. The summed E-state index contributed by atoms with van der Waals surface area (Å²) in [6, 6.07) is 9.64. The summed E-state index contributed by atoms with van der Waals surface area (Å²) in [5.41, 5.74) is 1.11. The van der Waals surface area contributed by atoms with Gasteiger partial charge in [-0.1, -0.05) is 43.2 Å². The van der Waals surface area contributed by atoms with Crippen molar-refractivity contribution in [1.29, 1.82) is 0 Å². The smallest absolute Gasteiger partial charge is 0.324 e. The van der Waals surface area contributed by atoms with Crippen LogP contribution in [0, 0.1) is 11.8 Å². The monoisotopic (exact) mass is 383 g/mol. The van der Waals surface area contributed by atoms with Crippen LogP contribution in [0.25, 0.3) is 0 Å². The minimum Gasteiger partial charge on any atom is -0.353 e. The van der Waals surface area contributed by atoms with Crippen LogP contribution in [0.3, 0.4) is 0 Å². The minimum atomic E-state index is -0.320. The molecule has 3 unspecified atom stereocenters. The third-order valence-corrected chi connectivity index (χ3v) is 6.53. The fourth-order valence-corrected chi connectivity index (χ4v) is 4.89. The van der Waals surface area contributed by atoms with E-state index in [1.54, 1.807) is 0 Å². The molecule has 6 nitrogen and oxygen atoms in total. The zero-order chi connectivity index (χ0) is 19.5. The number of carbonyl (C=O) groups is 3. The summed E-state index contributed by atoms with van der Waals surface area (Å²) in [5, 5.41) is 6.17. The summed E-state index contributed by atoms with van der Waals surface area (Å²) in [7, 11) is 0. The van der Waals surface area contributed by atoms with Crippen molar-refractivity contribution in [3.8, 4) is 0 Å². The lowest BCUT2D eigenvalue weighted by Crippen LogP contribution is -2.62. The normalized spacial score (nSPS) is 28.0. The first-order valence-corrected chi connectivity index (χ1v) is 10.6. The van der Waals surface area contributed by atoms with E-state index in [0.29, 0.717) is 38.3 Å². The predicted octanol–water partition coefficient (Wildman–Crippen LogP) is 2.62. The van der Waals surface area contributed by atoms with Gasteiger partial charge in [-0.2, -0.15) is 0 Å². The van der Waals surface area contributed by atoms with Gasteiger partial charge >= 0.3 is 6.03 Å². The predicted molar refractivity (Wildman–Crippen MR) is 105 cm³/mol. The van der Waals surface area contributed by atoms with Gasteiger partial charge in [0, 0.05) is 24.5 Å². The van der Waals surface area contributed by atoms with Crippen LogP contribution < -0.4 is 10.6 Å². The highest BCUT2D eigenvalue weighted by Crippen LogP contribution is 2.33. The van der Waals surface area contributed by atoms with Gasteiger partial charge < -0.3 is 10.6 Å². The zero-order valence-electron chi connectivity index (χ0n) is 16.2. The lowest BCUT2D eigenvalue weighted by atomic mass is 9.76. The molecule has 1 saturated heterocycles. The van der Waals surface area contributed by atoms with Crippen molar-refractivity contribution in [3.63, 3.8) is 0 Å². The second-order valence-corrected chi connectivity index (χ2v) is 8.39. The molecule has 0 aromatic heterocycles. The fraction of sp³-hybridized carbons (Fsp3) is 0.591. The summed E-state index contributed by atoms with van der Waals surface area (Å²) in [4.78, 5) is 39.4. The molecule has 2 aliphatic carbocycles. The van der Waals surface area contributed by atoms with E-state index in [4.69, 9.17) is 0 Å². The molecule has 0 spiro atoms. The number of benzene rings is 1. The first-order valence-electron chi connectivity index (χ1n) is 10.6. The molecule has 0 radical (unpaired) electrons. The average molecular weight is 383 g/mol. The van der Waals surface area contributed by atoms with Crippen molar-refractivity contribution in [2.75, 3.05) is 6.54 Å². The van der Waals surface area contributed by atoms with Crippen molar-refractivity contribution in [3.05, 3.63) is 35.9 Å². The van der Waals surface area contributed by atoms with Crippen LogP contribution in [-0.4, -0.2) is 41.4 Å². The molecule has 4 rings (SSSR count). The van der Waals surface area contributed by atoms with Crippen LogP contribution >= 0.6 is 0 Å². The quantitative estimate of drug-likeness (QED) is 0.820. The van der Waals surface area contributed by atoms with Crippen molar-refractivity contribution < 1.29 is 14.4 Å². The van der Waals surface area contributed by atoms with Crippen LogP contribution in [0.15, 0.2) is 30.3 Å². The maximum absolute atomic E-state index is 12.9. The number of nitrogens with one attached hydrogen (secondary N) is 2. The van der Waals surface area contributed by atoms with Gasteiger partial charge in [0.2, 0.25) is 11.8 Å². The van der Waals surface area contributed by atoms with Gasteiger partial charge in [-0.15, -0.1) is 0 Å². The molecule has 0 bridgehead atoms. The summed E-state index contributed by atoms with van der Waals surface area (Å²) in [6.45, 7) is 0.392. The molecule has 6 heteroatoms. The molecule has 150 valence electrons. The SMILES string of the molecule is O=C(NC1CCCC1)C1CCC2C(=O)N(CCc3ccccc3)C(=O)NC2C1. The third-order valence-electron chi connectivity index (χ3n) is 6.53. The largest absolute Gasteiger partial charge is 0.353 e. The number of urea groups is 1. The Hall–Kier alpha value is -2.37.